The van der Waals surface area contributed by atoms with Crippen LogP contribution in [0.4, 0.5) is 10.8 Å². The molecule has 0 spiro atoms. The van der Waals surface area contributed by atoms with Gasteiger partial charge in [-0.2, -0.15) is 0 Å². The third-order valence-corrected chi connectivity index (χ3v) is 5.75. The Morgan fingerprint density at radius 2 is 1.95 bits per heavy atom. The van der Waals surface area contributed by atoms with Crippen molar-refractivity contribution in [2.45, 2.75) is 4.90 Å². The van der Waals surface area contributed by atoms with E-state index in [0.717, 1.165) is 10.2 Å². The second-order valence-electron chi connectivity index (χ2n) is 4.27. The van der Waals surface area contributed by atoms with Crippen molar-refractivity contribution in [3.63, 3.8) is 0 Å². The third-order valence-electron chi connectivity index (χ3n) is 2.78. The zero-order valence-electron chi connectivity index (χ0n) is 10.6. The molecule has 1 aromatic heterocycles. The van der Waals surface area contributed by atoms with Crippen molar-refractivity contribution in [1.82, 2.24) is 4.98 Å². The Bertz CT molecular complexity index is 889. The first-order valence-electron chi connectivity index (χ1n) is 5.89. The summed E-state index contributed by atoms with van der Waals surface area (Å²) < 4.78 is 28.8. The van der Waals surface area contributed by atoms with Gasteiger partial charge >= 0.3 is 0 Å². The number of aromatic nitrogens is 1. The minimum Gasteiger partial charge on any atom is -0.398 e. The van der Waals surface area contributed by atoms with Gasteiger partial charge in [0.25, 0.3) is 10.0 Å². The molecule has 3 aromatic rings. The molecule has 21 heavy (non-hydrogen) atoms. The van der Waals surface area contributed by atoms with Crippen LogP contribution in [0.5, 0.6) is 0 Å². The van der Waals surface area contributed by atoms with Crippen LogP contribution in [0.1, 0.15) is 0 Å². The first-order chi connectivity index (χ1) is 9.95. The highest BCUT2D eigenvalue weighted by Gasteiger charge is 2.19. The fraction of sp³-hybridized carbons (Fsp3) is 0. The molecule has 0 bridgehead atoms. The van der Waals surface area contributed by atoms with Crippen LogP contribution < -0.4 is 10.5 Å². The molecule has 3 N–H and O–H groups in total. The number of fused-ring (bicyclic) bond motifs is 1. The van der Waals surface area contributed by atoms with Crippen LogP contribution in [0.2, 0.25) is 0 Å². The summed E-state index contributed by atoms with van der Waals surface area (Å²) in [4.78, 5) is 4.28. The molecule has 0 aliphatic rings. The van der Waals surface area contributed by atoms with E-state index in [2.05, 4.69) is 25.6 Å². The minimum absolute atomic E-state index is 0.0242. The molecule has 5 nitrogen and oxygen atoms in total. The summed E-state index contributed by atoms with van der Waals surface area (Å²) in [5.74, 6) is 0. The van der Waals surface area contributed by atoms with Crippen molar-refractivity contribution in [2.75, 3.05) is 10.5 Å². The lowest BCUT2D eigenvalue weighted by molar-refractivity contribution is 0.601. The van der Waals surface area contributed by atoms with E-state index in [9.17, 15) is 8.42 Å². The Balaban J connectivity index is 2.01. The number of rotatable bonds is 3. The van der Waals surface area contributed by atoms with Crippen molar-refractivity contribution in [1.29, 1.82) is 0 Å². The Hall–Kier alpha value is -1.64. The van der Waals surface area contributed by atoms with E-state index in [1.165, 1.54) is 23.5 Å². The lowest BCUT2D eigenvalue weighted by atomic mass is 10.3. The SMILES string of the molecule is Nc1ccc(Br)cc1S(=O)(=O)Nc1nc2ccccc2s1. The monoisotopic (exact) mass is 383 g/mol. The second kappa shape index (κ2) is 5.28. The van der Waals surface area contributed by atoms with Crippen LogP contribution in [0.25, 0.3) is 10.2 Å². The smallest absolute Gasteiger partial charge is 0.265 e. The van der Waals surface area contributed by atoms with Crippen molar-refractivity contribution in [2.24, 2.45) is 0 Å². The van der Waals surface area contributed by atoms with Crippen molar-refractivity contribution < 1.29 is 8.42 Å². The number of hydrogen-bond acceptors (Lipinski definition) is 5. The Labute approximate surface area is 134 Å². The highest BCUT2D eigenvalue weighted by atomic mass is 79.9. The molecule has 2 aromatic carbocycles. The predicted molar refractivity (Wildman–Crippen MR) is 89.0 cm³/mol. The van der Waals surface area contributed by atoms with Crippen molar-refractivity contribution >= 4 is 58.3 Å². The zero-order valence-corrected chi connectivity index (χ0v) is 13.8. The van der Waals surface area contributed by atoms with Gasteiger partial charge in [-0.05, 0) is 30.3 Å². The number of sulfonamides is 1. The Morgan fingerprint density at radius 3 is 2.71 bits per heavy atom. The fourth-order valence-electron chi connectivity index (χ4n) is 1.83. The number of nitrogen functional groups attached to an aromatic ring is 1. The quantitative estimate of drug-likeness (QED) is 0.678. The van der Waals surface area contributed by atoms with Gasteiger partial charge in [-0.1, -0.05) is 39.4 Å². The van der Waals surface area contributed by atoms with Crippen LogP contribution in [0, 0.1) is 0 Å². The summed E-state index contributed by atoms with van der Waals surface area (Å²) in [5, 5.41) is 0.315. The number of thiazole rings is 1. The van der Waals surface area contributed by atoms with Crippen LogP contribution in [0.15, 0.2) is 51.8 Å². The van der Waals surface area contributed by atoms with Gasteiger partial charge in [0.15, 0.2) is 5.13 Å². The van der Waals surface area contributed by atoms with Gasteiger partial charge in [0.2, 0.25) is 0 Å². The van der Waals surface area contributed by atoms with E-state index in [1.807, 2.05) is 24.3 Å². The number of nitrogens with one attached hydrogen (secondary N) is 1. The molecule has 0 atom stereocenters. The molecule has 0 amide bonds. The molecule has 0 radical (unpaired) electrons. The first-order valence-corrected chi connectivity index (χ1v) is 8.98. The van der Waals surface area contributed by atoms with Gasteiger partial charge in [-0.25, -0.2) is 13.4 Å². The van der Waals surface area contributed by atoms with E-state index in [1.54, 1.807) is 6.07 Å². The summed E-state index contributed by atoms with van der Waals surface area (Å²) in [6, 6.07) is 12.1. The number of anilines is 2. The number of nitrogens with two attached hydrogens (primary N) is 1. The van der Waals surface area contributed by atoms with Crippen LogP contribution in [0.3, 0.4) is 0 Å². The maximum Gasteiger partial charge on any atom is 0.265 e. The molecule has 0 unspecified atom stereocenters. The lowest BCUT2D eigenvalue weighted by Gasteiger charge is -2.08. The Kier molecular flexibility index (Phi) is 3.60. The average Bonchev–Trinajstić information content (AvgIpc) is 2.82. The van der Waals surface area contributed by atoms with Crippen LogP contribution >= 0.6 is 27.3 Å². The van der Waals surface area contributed by atoms with Gasteiger partial charge in [0.1, 0.15) is 4.90 Å². The Morgan fingerprint density at radius 1 is 1.19 bits per heavy atom. The van der Waals surface area contributed by atoms with Crippen LogP contribution in [-0.2, 0) is 10.0 Å². The predicted octanol–water partition coefficient (Wildman–Crippen LogP) is 3.44. The molecule has 1 heterocycles. The van der Waals surface area contributed by atoms with Gasteiger partial charge in [0, 0.05) is 4.47 Å². The van der Waals surface area contributed by atoms with Crippen molar-refractivity contribution in [3.8, 4) is 0 Å². The molecule has 0 saturated carbocycles. The minimum atomic E-state index is -3.77. The molecule has 3 rings (SSSR count). The summed E-state index contributed by atoms with van der Waals surface area (Å²) in [7, 11) is -3.77. The number of nitrogens with zero attached hydrogens (tertiary/aromatic N) is 1. The lowest BCUT2D eigenvalue weighted by Crippen LogP contribution is -2.14. The molecular formula is C13H10BrN3O2S2. The van der Waals surface area contributed by atoms with E-state index in [-0.39, 0.29) is 10.6 Å². The maximum absolute atomic E-state index is 12.4. The molecule has 108 valence electrons. The summed E-state index contributed by atoms with van der Waals surface area (Å²) >= 11 is 4.52. The average molecular weight is 384 g/mol. The standard InChI is InChI=1S/C13H10BrN3O2S2/c14-8-5-6-9(15)12(7-8)21(18,19)17-13-16-10-3-1-2-4-11(10)20-13/h1-7H,15H2,(H,16,17). The number of halogens is 1. The molecular weight excluding hydrogens is 374 g/mol. The van der Waals surface area contributed by atoms with E-state index in [0.29, 0.717) is 9.60 Å². The second-order valence-corrected chi connectivity index (χ2v) is 7.87. The number of hydrogen-bond donors (Lipinski definition) is 2. The highest BCUT2D eigenvalue weighted by molar-refractivity contribution is 9.10. The van der Waals surface area contributed by atoms with Gasteiger partial charge in [-0.15, -0.1) is 0 Å². The van der Waals surface area contributed by atoms with Gasteiger partial charge < -0.3 is 5.73 Å². The topological polar surface area (TPSA) is 85.1 Å². The third kappa shape index (κ3) is 2.87. The molecule has 0 fully saturated rings. The number of para-hydroxylation sites is 1. The highest BCUT2D eigenvalue weighted by Crippen LogP contribution is 2.29. The van der Waals surface area contributed by atoms with Gasteiger partial charge in [0.05, 0.1) is 15.9 Å². The van der Waals surface area contributed by atoms with E-state index < -0.39 is 10.0 Å². The van der Waals surface area contributed by atoms with Gasteiger partial charge in [-0.3, -0.25) is 4.72 Å². The molecule has 0 saturated heterocycles. The normalized spacial score (nSPS) is 11.7. The van der Waals surface area contributed by atoms with Crippen molar-refractivity contribution in [3.05, 3.63) is 46.9 Å². The van der Waals surface area contributed by atoms with E-state index >= 15 is 0 Å². The zero-order chi connectivity index (χ0) is 15.0. The number of benzene rings is 2. The molecule has 8 heteroatoms. The summed E-state index contributed by atoms with van der Waals surface area (Å²) in [6.45, 7) is 0. The summed E-state index contributed by atoms with van der Waals surface area (Å²) in [5.41, 5.74) is 6.69. The van der Waals surface area contributed by atoms with E-state index in [4.69, 9.17) is 5.73 Å². The molecule has 0 aliphatic carbocycles. The largest absolute Gasteiger partial charge is 0.398 e. The molecule has 0 aliphatic heterocycles. The van der Waals surface area contributed by atoms with Crippen LogP contribution in [-0.4, -0.2) is 13.4 Å². The first kappa shape index (κ1) is 14.3. The fourth-order valence-corrected chi connectivity index (χ4v) is 4.60. The maximum atomic E-state index is 12.4. The summed E-state index contributed by atoms with van der Waals surface area (Å²) in [6.07, 6.45) is 0.